The van der Waals surface area contributed by atoms with Crippen LogP contribution in [0.2, 0.25) is 0 Å². The monoisotopic (exact) mass is 353 g/mol. The highest BCUT2D eigenvalue weighted by Gasteiger charge is 2.29. The molecule has 0 spiro atoms. The summed E-state index contributed by atoms with van der Waals surface area (Å²) in [7, 11) is -3.16. The Bertz CT molecular complexity index is 713. The van der Waals surface area contributed by atoms with Crippen molar-refractivity contribution in [2.75, 3.05) is 26.0 Å². The van der Waals surface area contributed by atoms with Gasteiger partial charge in [-0.05, 0) is 37.5 Å². The molecule has 0 unspecified atom stereocenters. The maximum absolute atomic E-state index is 12.7. The molecule has 0 radical (unpaired) electrons. The molecule has 24 heavy (non-hydrogen) atoms. The lowest BCUT2D eigenvalue weighted by Gasteiger charge is -2.31. The number of amides is 1. The van der Waals surface area contributed by atoms with Crippen molar-refractivity contribution in [3.8, 4) is 0 Å². The summed E-state index contributed by atoms with van der Waals surface area (Å²) >= 11 is 0. The molecule has 132 valence electrons. The first-order chi connectivity index (χ1) is 11.3. The van der Waals surface area contributed by atoms with E-state index in [1.165, 1.54) is 0 Å². The summed E-state index contributed by atoms with van der Waals surface area (Å²) in [6.45, 7) is 3.02. The van der Waals surface area contributed by atoms with Gasteiger partial charge >= 0.3 is 5.97 Å². The number of ether oxygens (including phenoxy) is 1. The lowest BCUT2D eigenvalue weighted by atomic mass is 9.97. The van der Waals surface area contributed by atoms with Crippen LogP contribution in [0.5, 0.6) is 0 Å². The lowest BCUT2D eigenvalue weighted by Crippen LogP contribution is -2.42. The number of sulfone groups is 1. The van der Waals surface area contributed by atoms with Gasteiger partial charge in [-0.2, -0.15) is 0 Å². The lowest BCUT2D eigenvalue weighted by molar-refractivity contribution is -0.149. The maximum atomic E-state index is 12.7. The van der Waals surface area contributed by atoms with Crippen LogP contribution in [-0.2, 0) is 25.1 Å². The van der Waals surface area contributed by atoms with Crippen molar-refractivity contribution < 1.29 is 22.7 Å². The largest absolute Gasteiger partial charge is 0.466 e. The average molecular weight is 353 g/mol. The fourth-order valence-electron chi connectivity index (χ4n) is 2.89. The molecular formula is C17H23NO5S. The molecule has 1 saturated heterocycles. The summed E-state index contributed by atoms with van der Waals surface area (Å²) in [4.78, 5) is 26.2. The van der Waals surface area contributed by atoms with Gasteiger partial charge in [-0.1, -0.05) is 12.1 Å². The van der Waals surface area contributed by atoms with Crippen LogP contribution >= 0.6 is 0 Å². The van der Waals surface area contributed by atoms with E-state index < -0.39 is 9.84 Å². The average Bonchev–Trinajstić information content (AvgIpc) is 2.53. The van der Waals surface area contributed by atoms with E-state index in [0.717, 1.165) is 19.1 Å². The molecule has 0 N–H and O–H groups in total. The Morgan fingerprint density at radius 1 is 1.33 bits per heavy atom. The highest BCUT2D eigenvalue weighted by molar-refractivity contribution is 7.89. The first kappa shape index (κ1) is 18.4. The zero-order valence-electron chi connectivity index (χ0n) is 14.0. The zero-order valence-corrected chi connectivity index (χ0v) is 14.8. The van der Waals surface area contributed by atoms with E-state index in [4.69, 9.17) is 4.74 Å². The number of esters is 1. The Morgan fingerprint density at radius 3 is 2.75 bits per heavy atom. The third-order valence-corrected chi connectivity index (χ3v) is 4.79. The first-order valence-corrected chi connectivity index (χ1v) is 10.1. The minimum atomic E-state index is -3.16. The smallest absolute Gasteiger partial charge is 0.310 e. The van der Waals surface area contributed by atoms with E-state index in [1.54, 1.807) is 36.1 Å². The standard InChI is InChI=1S/C17H23NO5S/c1-3-23-17(20)15-8-5-9-18(11-15)16(19)14-7-4-6-13(10-14)12-24(2,21)22/h4,6-7,10,15H,3,5,8-9,11-12H2,1-2H3/t15-/m0/s1. The van der Waals surface area contributed by atoms with E-state index in [0.29, 0.717) is 30.8 Å². The van der Waals surface area contributed by atoms with Crippen molar-refractivity contribution in [1.29, 1.82) is 0 Å². The van der Waals surface area contributed by atoms with Crippen LogP contribution in [0.25, 0.3) is 0 Å². The summed E-state index contributed by atoms with van der Waals surface area (Å²) < 4.78 is 27.9. The number of rotatable bonds is 5. The van der Waals surface area contributed by atoms with Gasteiger partial charge in [0.2, 0.25) is 0 Å². The van der Waals surface area contributed by atoms with Gasteiger partial charge in [-0.15, -0.1) is 0 Å². The molecule has 1 aromatic carbocycles. The molecule has 0 aromatic heterocycles. The zero-order chi connectivity index (χ0) is 17.7. The number of carbonyl (C=O) groups is 2. The molecular weight excluding hydrogens is 330 g/mol. The molecule has 1 aliphatic heterocycles. The third kappa shape index (κ3) is 5.06. The van der Waals surface area contributed by atoms with E-state index in [2.05, 4.69) is 0 Å². The van der Waals surface area contributed by atoms with Crippen LogP contribution in [0.3, 0.4) is 0 Å². The quantitative estimate of drug-likeness (QED) is 0.752. The molecule has 1 heterocycles. The number of hydrogen-bond donors (Lipinski definition) is 0. The van der Waals surface area contributed by atoms with Gasteiger partial charge in [0, 0.05) is 24.9 Å². The summed E-state index contributed by atoms with van der Waals surface area (Å²) in [5.74, 6) is -0.832. The minimum Gasteiger partial charge on any atom is -0.466 e. The number of benzene rings is 1. The van der Waals surface area contributed by atoms with Crippen LogP contribution in [0.1, 0.15) is 35.7 Å². The predicted molar refractivity (Wildman–Crippen MR) is 90.3 cm³/mol. The fraction of sp³-hybridized carbons (Fsp3) is 0.529. The Morgan fingerprint density at radius 2 is 2.08 bits per heavy atom. The van der Waals surface area contributed by atoms with Gasteiger partial charge in [-0.3, -0.25) is 9.59 Å². The van der Waals surface area contributed by atoms with Gasteiger partial charge in [0.15, 0.2) is 9.84 Å². The number of hydrogen-bond acceptors (Lipinski definition) is 5. The number of likely N-dealkylation sites (tertiary alicyclic amines) is 1. The van der Waals surface area contributed by atoms with Crippen molar-refractivity contribution in [1.82, 2.24) is 4.90 Å². The number of nitrogens with zero attached hydrogens (tertiary/aromatic N) is 1. The summed E-state index contributed by atoms with van der Waals surface area (Å²) in [5, 5.41) is 0. The molecule has 6 nitrogen and oxygen atoms in total. The second kappa shape index (κ2) is 7.79. The number of piperidine rings is 1. The summed E-state index contributed by atoms with van der Waals surface area (Å²) in [6, 6.07) is 6.65. The van der Waals surface area contributed by atoms with Crippen LogP contribution in [0.15, 0.2) is 24.3 Å². The van der Waals surface area contributed by atoms with E-state index in [9.17, 15) is 18.0 Å². The number of carbonyl (C=O) groups excluding carboxylic acids is 2. The van der Waals surface area contributed by atoms with Crippen molar-refractivity contribution in [2.24, 2.45) is 5.92 Å². The van der Waals surface area contributed by atoms with Gasteiger partial charge in [0.1, 0.15) is 0 Å². The second-order valence-electron chi connectivity index (χ2n) is 6.11. The fourth-order valence-corrected chi connectivity index (χ4v) is 3.68. The van der Waals surface area contributed by atoms with Crippen LogP contribution in [0.4, 0.5) is 0 Å². The molecule has 1 atom stereocenters. The second-order valence-corrected chi connectivity index (χ2v) is 8.25. The minimum absolute atomic E-state index is 0.0976. The molecule has 2 rings (SSSR count). The molecule has 0 aliphatic carbocycles. The SMILES string of the molecule is CCOC(=O)[C@H]1CCCN(C(=O)c2cccc(CS(C)(=O)=O)c2)C1. The Hall–Kier alpha value is -1.89. The van der Waals surface area contributed by atoms with E-state index >= 15 is 0 Å². The topological polar surface area (TPSA) is 80.8 Å². The molecule has 0 bridgehead atoms. The molecule has 7 heteroatoms. The summed E-state index contributed by atoms with van der Waals surface area (Å²) in [6.07, 6.45) is 2.63. The van der Waals surface area contributed by atoms with Crippen LogP contribution < -0.4 is 0 Å². The first-order valence-electron chi connectivity index (χ1n) is 8.02. The highest BCUT2D eigenvalue weighted by atomic mass is 32.2. The van der Waals surface area contributed by atoms with E-state index in [-0.39, 0.29) is 23.5 Å². The van der Waals surface area contributed by atoms with Gasteiger partial charge in [-0.25, -0.2) is 8.42 Å². The van der Waals surface area contributed by atoms with Gasteiger partial charge in [0.05, 0.1) is 18.3 Å². The molecule has 0 saturated carbocycles. The van der Waals surface area contributed by atoms with Crippen molar-refractivity contribution in [3.63, 3.8) is 0 Å². The van der Waals surface area contributed by atoms with Crippen molar-refractivity contribution in [3.05, 3.63) is 35.4 Å². The Labute approximate surface area is 142 Å². The Kier molecular flexibility index (Phi) is 5.99. The molecule has 1 aromatic rings. The van der Waals surface area contributed by atoms with E-state index in [1.807, 2.05) is 0 Å². The Balaban J connectivity index is 2.10. The third-order valence-electron chi connectivity index (χ3n) is 3.93. The normalized spacial score (nSPS) is 18.2. The van der Waals surface area contributed by atoms with Crippen molar-refractivity contribution in [2.45, 2.75) is 25.5 Å². The van der Waals surface area contributed by atoms with Crippen molar-refractivity contribution >= 4 is 21.7 Å². The van der Waals surface area contributed by atoms with Crippen LogP contribution in [0, 0.1) is 5.92 Å². The predicted octanol–water partition coefficient (Wildman–Crippen LogP) is 1.65. The molecule has 1 amide bonds. The molecule has 1 aliphatic rings. The summed E-state index contributed by atoms with van der Waals surface area (Å²) in [5.41, 5.74) is 1.03. The van der Waals surface area contributed by atoms with Gasteiger partial charge in [0.25, 0.3) is 5.91 Å². The van der Waals surface area contributed by atoms with Crippen LogP contribution in [-0.4, -0.2) is 51.1 Å². The highest BCUT2D eigenvalue weighted by Crippen LogP contribution is 2.20. The van der Waals surface area contributed by atoms with Gasteiger partial charge < -0.3 is 9.64 Å². The maximum Gasteiger partial charge on any atom is 0.310 e. The molecule has 1 fully saturated rings.